The Morgan fingerprint density at radius 3 is 2.42 bits per heavy atom. The highest BCUT2D eigenvalue weighted by Crippen LogP contribution is 2.07. The molecule has 0 saturated carbocycles. The SMILES string of the molecule is C=C(CCCCC)C(=O)OC.O. The Bertz CT molecular complexity index is 141. The summed E-state index contributed by atoms with van der Waals surface area (Å²) >= 11 is 0. The predicted molar refractivity (Wildman–Crippen MR) is 48.9 cm³/mol. The molecule has 0 heterocycles. The number of hydrogen-bond acceptors (Lipinski definition) is 2. The topological polar surface area (TPSA) is 57.8 Å². The molecule has 0 bridgehead atoms. The van der Waals surface area contributed by atoms with E-state index in [0.717, 1.165) is 25.7 Å². The van der Waals surface area contributed by atoms with Crippen molar-refractivity contribution in [1.82, 2.24) is 0 Å². The van der Waals surface area contributed by atoms with Gasteiger partial charge in [0.05, 0.1) is 7.11 Å². The van der Waals surface area contributed by atoms with Crippen LogP contribution in [-0.2, 0) is 9.53 Å². The fraction of sp³-hybridized carbons (Fsp3) is 0.667. The Labute approximate surface area is 73.7 Å². The van der Waals surface area contributed by atoms with Gasteiger partial charge in [0.1, 0.15) is 0 Å². The summed E-state index contributed by atoms with van der Waals surface area (Å²) in [7, 11) is 1.38. The van der Waals surface area contributed by atoms with Gasteiger partial charge in [-0.05, 0) is 12.8 Å². The van der Waals surface area contributed by atoms with Crippen molar-refractivity contribution in [3.8, 4) is 0 Å². The molecule has 0 aliphatic carbocycles. The van der Waals surface area contributed by atoms with Crippen molar-refractivity contribution in [1.29, 1.82) is 0 Å². The Kier molecular flexibility index (Phi) is 9.47. The molecule has 2 N–H and O–H groups in total. The molecule has 0 aliphatic heterocycles. The molecular formula is C9H18O3. The van der Waals surface area contributed by atoms with E-state index in [0.29, 0.717) is 5.57 Å². The van der Waals surface area contributed by atoms with E-state index in [2.05, 4.69) is 18.2 Å². The number of unbranched alkanes of at least 4 members (excludes halogenated alkanes) is 2. The summed E-state index contributed by atoms with van der Waals surface area (Å²) in [4.78, 5) is 10.8. The molecule has 0 atom stereocenters. The standard InChI is InChI=1S/C9H16O2.H2O/c1-4-5-6-7-8(2)9(10)11-3;/h2,4-7H2,1,3H3;1H2. The van der Waals surface area contributed by atoms with Crippen LogP contribution >= 0.6 is 0 Å². The van der Waals surface area contributed by atoms with Gasteiger partial charge in [0.15, 0.2) is 0 Å². The van der Waals surface area contributed by atoms with Gasteiger partial charge in [-0.3, -0.25) is 0 Å². The van der Waals surface area contributed by atoms with Crippen LogP contribution in [0.15, 0.2) is 12.2 Å². The highest BCUT2D eigenvalue weighted by atomic mass is 16.5. The van der Waals surface area contributed by atoms with Crippen molar-refractivity contribution < 1.29 is 15.0 Å². The first-order valence-electron chi connectivity index (χ1n) is 3.98. The van der Waals surface area contributed by atoms with E-state index < -0.39 is 0 Å². The highest BCUT2D eigenvalue weighted by molar-refractivity contribution is 5.87. The Morgan fingerprint density at radius 2 is 2.00 bits per heavy atom. The molecule has 0 aliphatic rings. The lowest BCUT2D eigenvalue weighted by Crippen LogP contribution is -2.03. The van der Waals surface area contributed by atoms with Crippen LogP contribution in [0.2, 0.25) is 0 Å². The van der Waals surface area contributed by atoms with Gasteiger partial charge in [-0.2, -0.15) is 0 Å². The maximum Gasteiger partial charge on any atom is 0.333 e. The van der Waals surface area contributed by atoms with Crippen LogP contribution in [0.3, 0.4) is 0 Å². The third-order valence-electron chi connectivity index (χ3n) is 1.56. The summed E-state index contributed by atoms with van der Waals surface area (Å²) in [5.41, 5.74) is 0.584. The fourth-order valence-corrected chi connectivity index (χ4v) is 0.835. The third kappa shape index (κ3) is 5.92. The van der Waals surface area contributed by atoms with E-state index in [9.17, 15) is 4.79 Å². The first-order chi connectivity index (χ1) is 5.22. The quantitative estimate of drug-likeness (QED) is 0.360. The zero-order chi connectivity index (χ0) is 8.69. The zero-order valence-corrected chi connectivity index (χ0v) is 7.85. The normalized spacial score (nSPS) is 8.50. The average Bonchev–Trinajstić information content (AvgIpc) is 2.03. The van der Waals surface area contributed by atoms with Crippen molar-refractivity contribution in [2.45, 2.75) is 32.6 Å². The minimum atomic E-state index is -0.277. The minimum absolute atomic E-state index is 0. The molecule has 0 aromatic rings. The molecule has 0 spiro atoms. The van der Waals surface area contributed by atoms with E-state index in [4.69, 9.17) is 0 Å². The summed E-state index contributed by atoms with van der Waals surface area (Å²) in [6, 6.07) is 0. The lowest BCUT2D eigenvalue weighted by atomic mass is 10.1. The minimum Gasteiger partial charge on any atom is -0.466 e. The third-order valence-corrected chi connectivity index (χ3v) is 1.56. The van der Waals surface area contributed by atoms with Crippen LogP contribution in [0.25, 0.3) is 0 Å². The van der Waals surface area contributed by atoms with Gasteiger partial charge in [0.2, 0.25) is 0 Å². The summed E-state index contributed by atoms with van der Waals surface area (Å²) in [6.07, 6.45) is 4.11. The van der Waals surface area contributed by atoms with Crippen LogP contribution in [0, 0.1) is 0 Å². The van der Waals surface area contributed by atoms with E-state index in [-0.39, 0.29) is 11.4 Å². The number of esters is 1. The van der Waals surface area contributed by atoms with E-state index in [1.54, 1.807) is 0 Å². The molecule has 0 fully saturated rings. The van der Waals surface area contributed by atoms with Crippen LogP contribution in [0.1, 0.15) is 32.6 Å². The van der Waals surface area contributed by atoms with Crippen molar-refractivity contribution >= 4 is 5.97 Å². The fourth-order valence-electron chi connectivity index (χ4n) is 0.835. The van der Waals surface area contributed by atoms with Crippen molar-refractivity contribution in [3.05, 3.63) is 12.2 Å². The molecule has 0 radical (unpaired) electrons. The largest absolute Gasteiger partial charge is 0.466 e. The molecule has 72 valence electrons. The van der Waals surface area contributed by atoms with E-state index in [1.165, 1.54) is 7.11 Å². The summed E-state index contributed by atoms with van der Waals surface area (Å²) < 4.78 is 4.50. The average molecular weight is 174 g/mol. The van der Waals surface area contributed by atoms with Gasteiger partial charge < -0.3 is 10.2 Å². The van der Waals surface area contributed by atoms with Crippen molar-refractivity contribution in [2.75, 3.05) is 7.11 Å². The lowest BCUT2D eigenvalue weighted by molar-refractivity contribution is -0.136. The maximum atomic E-state index is 10.8. The monoisotopic (exact) mass is 174 g/mol. The van der Waals surface area contributed by atoms with Crippen molar-refractivity contribution in [2.24, 2.45) is 0 Å². The number of methoxy groups -OCH3 is 1. The molecule has 12 heavy (non-hydrogen) atoms. The van der Waals surface area contributed by atoms with Gasteiger partial charge in [0, 0.05) is 5.57 Å². The van der Waals surface area contributed by atoms with Crippen LogP contribution in [0.5, 0.6) is 0 Å². The molecule has 0 saturated heterocycles. The number of carbonyl (C=O) groups is 1. The molecular weight excluding hydrogens is 156 g/mol. The molecule has 0 aromatic carbocycles. The summed E-state index contributed by atoms with van der Waals surface area (Å²) in [6.45, 7) is 5.75. The van der Waals surface area contributed by atoms with Crippen LogP contribution < -0.4 is 0 Å². The van der Waals surface area contributed by atoms with Gasteiger partial charge >= 0.3 is 5.97 Å². The molecule has 3 heteroatoms. The first kappa shape index (κ1) is 13.7. The second kappa shape index (κ2) is 8.27. The van der Waals surface area contributed by atoms with Gasteiger partial charge in [0.25, 0.3) is 0 Å². The smallest absolute Gasteiger partial charge is 0.333 e. The second-order valence-electron chi connectivity index (χ2n) is 2.55. The molecule has 0 amide bonds. The van der Waals surface area contributed by atoms with Crippen LogP contribution in [-0.4, -0.2) is 18.6 Å². The van der Waals surface area contributed by atoms with Gasteiger partial charge in [-0.25, -0.2) is 4.79 Å². The van der Waals surface area contributed by atoms with E-state index >= 15 is 0 Å². The van der Waals surface area contributed by atoms with Gasteiger partial charge in [-0.15, -0.1) is 0 Å². The lowest BCUT2D eigenvalue weighted by Gasteiger charge is -2.01. The maximum absolute atomic E-state index is 10.8. The molecule has 3 nitrogen and oxygen atoms in total. The van der Waals surface area contributed by atoms with Crippen LogP contribution in [0.4, 0.5) is 0 Å². The number of hydrogen-bond donors (Lipinski definition) is 0. The summed E-state index contributed by atoms with van der Waals surface area (Å²) in [5, 5.41) is 0. The molecule has 0 rings (SSSR count). The highest BCUT2D eigenvalue weighted by Gasteiger charge is 2.04. The second-order valence-corrected chi connectivity index (χ2v) is 2.55. The number of ether oxygens (including phenoxy) is 1. The molecule has 0 aromatic heterocycles. The Morgan fingerprint density at radius 1 is 1.42 bits per heavy atom. The predicted octanol–water partition coefficient (Wildman–Crippen LogP) is 1.47. The summed E-state index contributed by atoms with van der Waals surface area (Å²) in [5.74, 6) is -0.277. The Balaban J connectivity index is 0. The number of rotatable bonds is 5. The molecule has 0 unspecified atom stereocenters. The van der Waals surface area contributed by atoms with Gasteiger partial charge in [-0.1, -0.05) is 26.3 Å². The zero-order valence-electron chi connectivity index (χ0n) is 7.85. The number of carbonyl (C=O) groups excluding carboxylic acids is 1. The van der Waals surface area contributed by atoms with Crippen molar-refractivity contribution in [3.63, 3.8) is 0 Å². The van der Waals surface area contributed by atoms with E-state index in [1.807, 2.05) is 0 Å². The first-order valence-corrected chi connectivity index (χ1v) is 3.98. The Hall–Kier alpha value is -0.830.